The topological polar surface area (TPSA) is 67.8 Å². The molecule has 1 amide bonds. The summed E-state index contributed by atoms with van der Waals surface area (Å²) in [5.74, 6) is 2.06. The van der Waals surface area contributed by atoms with Gasteiger partial charge in [0.25, 0.3) is 5.91 Å². The van der Waals surface area contributed by atoms with Gasteiger partial charge in [-0.2, -0.15) is 0 Å². The first-order chi connectivity index (χ1) is 14.2. The maximum atomic E-state index is 13.0. The number of hydrogen-bond acceptors (Lipinski definition) is 7. The highest BCUT2D eigenvalue weighted by atomic mass is 32.1. The molecule has 1 fully saturated rings. The van der Waals surface area contributed by atoms with Crippen molar-refractivity contribution in [3.63, 3.8) is 0 Å². The Morgan fingerprint density at radius 2 is 2.03 bits per heavy atom. The monoisotopic (exact) mass is 410 g/mol. The average Bonchev–Trinajstić information content (AvgIpc) is 3.26. The summed E-state index contributed by atoms with van der Waals surface area (Å²) in [6, 6.07) is 7.32. The third-order valence-electron chi connectivity index (χ3n) is 4.87. The van der Waals surface area contributed by atoms with E-state index in [0.29, 0.717) is 36.8 Å². The summed E-state index contributed by atoms with van der Waals surface area (Å²) in [6.45, 7) is 6.74. The Balaban J connectivity index is 1.45. The van der Waals surface area contributed by atoms with Crippen molar-refractivity contribution in [3.8, 4) is 11.5 Å². The molecular formula is C21H22N4O3S. The van der Waals surface area contributed by atoms with Crippen LogP contribution in [0.4, 0.5) is 5.82 Å². The van der Waals surface area contributed by atoms with E-state index in [4.69, 9.17) is 9.47 Å². The number of carbonyl (C=O) groups excluding carboxylic acids is 1. The van der Waals surface area contributed by atoms with Gasteiger partial charge in [0.2, 0.25) is 0 Å². The van der Waals surface area contributed by atoms with Crippen LogP contribution in [0.15, 0.2) is 48.6 Å². The molecule has 0 spiro atoms. The van der Waals surface area contributed by atoms with Crippen LogP contribution in [0, 0.1) is 0 Å². The number of rotatable bonds is 6. The molecule has 0 aliphatic carbocycles. The average molecular weight is 410 g/mol. The van der Waals surface area contributed by atoms with Crippen LogP contribution in [-0.2, 0) is 0 Å². The molecule has 150 valence electrons. The number of carbonyl (C=O) groups is 1. The van der Waals surface area contributed by atoms with Gasteiger partial charge in [0.15, 0.2) is 11.5 Å². The van der Waals surface area contributed by atoms with Crippen molar-refractivity contribution in [1.82, 2.24) is 14.9 Å². The lowest BCUT2D eigenvalue weighted by molar-refractivity contribution is 0.0746. The molecule has 1 aliphatic heterocycles. The van der Waals surface area contributed by atoms with Gasteiger partial charge in [0.05, 0.1) is 12.5 Å². The summed E-state index contributed by atoms with van der Waals surface area (Å²) >= 11 is 1.61. The van der Waals surface area contributed by atoms with Gasteiger partial charge in [-0.05, 0) is 29.6 Å². The SMILES string of the molecule is C=CCOc1ccc(C(=O)N2CCN(c3ncnc4sccc34)CC2)cc1OC. The predicted octanol–water partition coefficient (Wildman–Crippen LogP) is 3.23. The lowest BCUT2D eigenvalue weighted by Gasteiger charge is -2.35. The van der Waals surface area contributed by atoms with Crippen LogP contribution in [0.25, 0.3) is 10.2 Å². The van der Waals surface area contributed by atoms with Gasteiger partial charge < -0.3 is 19.3 Å². The highest BCUT2D eigenvalue weighted by Crippen LogP contribution is 2.30. The zero-order valence-corrected chi connectivity index (χ0v) is 17.0. The van der Waals surface area contributed by atoms with Crippen molar-refractivity contribution in [2.45, 2.75) is 0 Å². The first kappa shape index (κ1) is 19.2. The van der Waals surface area contributed by atoms with Gasteiger partial charge in [-0.3, -0.25) is 4.79 Å². The Bertz CT molecular complexity index is 1030. The maximum absolute atomic E-state index is 13.0. The fraction of sp³-hybridized carbons (Fsp3) is 0.286. The van der Waals surface area contributed by atoms with E-state index < -0.39 is 0 Å². The number of aromatic nitrogens is 2. The van der Waals surface area contributed by atoms with Gasteiger partial charge in [0, 0.05) is 31.7 Å². The van der Waals surface area contributed by atoms with Gasteiger partial charge in [-0.15, -0.1) is 11.3 Å². The van der Waals surface area contributed by atoms with Crippen molar-refractivity contribution in [1.29, 1.82) is 0 Å². The minimum Gasteiger partial charge on any atom is -0.493 e. The number of thiophene rings is 1. The van der Waals surface area contributed by atoms with Crippen LogP contribution in [0.3, 0.4) is 0 Å². The molecular weight excluding hydrogens is 388 g/mol. The van der Waals surface area contributed by atoms with Gasteiger partial charge in [-0.1, -0.05) is 12.7 Å². The summed E-state index contributed by atoms with van der Waals surface area (Å²) in [5.41, 5.74) is 0.587. The van der Waals surface area contributed by atoms with E-state index in [2.05, 4.69) is 27.5 Å². The Morgan fingerprint density at radius 1 is 1.21 bits per heavy atom. The largest absolute Gasteiger partial charge is 0.493 e. The standard InChI is InChI=1S/C21H22N4O3S/c1-3-11-28-17-5-4-15(13-18(17)27-2)21(26)25-9-7-24(8-10-25)19-16-6-12-29-20(16)23-14-22-19/h3-6,12-14H,1,7-11H2,2H3. The molecule has 0 saturated carbocycles. The molecule has 0 atom stereocenters. The first-order valence-electron chi connectivity index (χ1n) is 9.35. The van der Waals surface area contributed by atoms with E-state index in [0.717, 1.165) is 29.1 Å². The number of fused-ring (bicyclic) bond motifs is 1. The highest BCUT2D eigenvalue weighted by Gasteiger charge is 2.25. The Hall–Kier alpha value is -3.13. The number of anilines is 1. The first-order valence-corrected chi connectivity index (χ1v) is 10.2. The molecule has 2 aromatic heterocycles. The molecule has 0 radical (unpaired) electrons. The number of methoxy groups -OCH3 is 1. The smallest absolute Gasteiger partial charge is 0.254 e. The highest BCUT2D eigenvalue weighted by molar-refractivity contribution is 7.16. The Labute approximate surface area is 173 Å². The summed E-state index contributed by atoms with van der Waals surface area (Å²) in [7, 11) is 1.57. The molecule has 1 aliphatic rings. The molecule has 0 unspecified atom stereocenters. The molecule has 1 aromatic carbocycles. The van der Waals surface area contributed by atoms with E-state index >= 15 is 0 Å². The van der Waals surface area contributed by atoms with E-state index in [-0.39, 0.29) is 5.91 Å². The number of benzene rings is 1. The number of nitrogens with zero attached hydrogens (tertiary/aromatic N) is 4. The molecule has 1 saturated heterocycles. The lowest BCUT2D eigenvalue weighted by Crippen LogP contribution is -2.49. The fourth-order valence-electron chi connectivity index (χ4n) is 3.40. The molecule has 29 heavy (non-hydrogen) atoms. The quantitative estimate of drug-likeness (QED) is 0.581. The minimum atomic E-state index is -0.0124. The molecule has 3 aromatic rings. The summed E-state index contributed by atoms with van der Waals surface area (Å²) < 4.78 is 10.9. The maximum Gasteiger partial charge on any atom is 0.254 e. The minimum absolute atomic E-state index is 0.0124. The van der Waals surface area contributed by atoms with Crippen molar-refractivity contribution >= 4 is 33.3 Å². The van der Waals surface area contributed by atoms with Gasteiger partial charge in [0.1, 0.15) is 23.6 Å². The second-order valence-corrected chi connectivity index (χ2v) is 7.48. The number of hydrogen-bond donors (Lipinski definition) is 0. The van der Waals surface area contributed by atoms with Crippen LogP contribution < -0.4 is 14.4 Å². The van der Waals surface area contributed by atoms with E-state index in [9.17, 15) is 4.79 Å². The lowest BCUT2D eigenvalue weighted by atomic mass is 10.1. The third-order valence-corrected chi connectivity index (χ3v) is 5.70. The van der Waals surface area contributed by atoms with Crippen molar-refractivity contribution in [2.75, 3.05) is 44.8 Å². The number of ether oxygens (including phenoxy) is 2. The molecule has 3 heterocycles. The number of piperazine rings is 1. The van der Waals surface area contributed by atoms with Crippen molar-refractivity contribution in [2.24, 2.45) is 0 Å². The van der Waals surface area contributed by atoms with Gasteiger partial charge >= 0.3 is 0 Å². The third kappa shape index (κ3) is 3.88. The second-order valence-electron chi connectivity index (χ2n) is 6.58. The normalized spacial score (nSPS) is 14.1. The molecule has 8 heteroatoms. The zero-order chi connectivity index (χ0) is 20.2. The fourth-order valence-corrected chi connectivity index (χ4v) is 4.13. The van der Waals surface area contributed by atoms with E-state index in [1.807, 2.05) is 10.3 Å². The summed E-state index contributed by atoms with van der Waals surface area (Å²) in [6.07, 6.45) is 3.27. The van der Waals surface area contributed by atoms with Crippen LogP contribution in [-0.4, -0.2) is 60.7 Å². The van der Waals surface area contributed by atoms with Crippen LogP contribution in [0.5, 0.6) is 11.5 Å². The summed E-state index contributed by atoms with van der Waals surface area (Å²) in [4.78, 5) is 26.8. The van der Waals surface area contributed by atoms with Crippen LogP contribution in [0.1, 0.15) is 10.4 Å². The Kier molecular flexibility index (Phi) is 5.62. The van der Waals surface area contributed by atoms with Crippen molar-refractivity contribution < 1.29 is 14.3 Å². The molecule has 0 bridgehead atoms. The zero-order valence-electron chi connectivity index (χ0n) is 16.2. The molecule has 7 nitrogen and oxygen atoms in total. The van der Waals surface area contributed by atoms with Crippen LogP contribution in [0.2, 0.25) is 0 Å². The number of amides is 1. The molecule has 4 rings (SSSR count). The predicted molar refractivity (Wildman–Crippen MR) is 114 cm³/mol. The summed E-state index contributed by atoms with van der Waals surface area (Å²) in [5, 5.41) is 3.09. The van der Waals surface area contributed by atoms with Crippen molar-refractivity contribution in [3.05, 3.63) is 54.2 Å². The second kappa shape index (κ2) is 8.48. The van der Waals surface area contributed by atoms with Crippen LogP contribution >= 0.6 is 11.3 Å². The molecule has 0 N–H and O–H groups in total. The Morgan fingerprint density at radius 3 is 2.79 bits per heavy atom. The van der Waals surface area contributed by atoms with Gasteiger partial charge in [-0.25, -0.2) is 9.97 Å². The van der Waals surface area contributed by atoms with E-state index in [1.165, 1.54) is 0 Å². The van der Waals surface area contributed by atoms with E-state index in [1.54, 1.807) is 49.0 Å².